The third-order valence-electron chi connectivity index (χ3n) is 2.52. The number of methoxy groups -OCH3 is 2. The van der Waals surface area contributed by atoms with Crippen molar-refractivity contribution >= 4 is 33.9 Å². The molecule has 8 heteroatoms. The lowest BCUT2D eigenvalue weighted by Gasteiger charge is -2.17. The minimum Gasteiger partial charge on any atom is -0.465 e. The predicted molar refractivity (Wildman–Crippen MR) is 73.7 cm³/mol. The molecule has 0 aliphatic carbocycles. The van der Waals surface area contributed by atoms with Crippen LogP contribution in [0.4, 0.5) is 10.7 Å². The van der Waals surface area contributed by atoms with Crippen molar-refractivity contribution in [1.29, 1.82) is 0 Å². The highest BCUT2D eigenvalue weighted by molar-refractivity contribution is 7.19. The summed E-state index contributed by atoms with van der Waals surface area (Å²) in [5.74, 6) is -1.26. The molecular weight excluding hydrogens is 270 g/mol. The molecule has 7 nitrogen and oxygen atoms in total. The van der Waals surface area contributed by atoms with E-state index in [-0.39, 0.29) is 16.1 Å². The Morgan fingerprint density at radius 1 is 1.37 bits per heavy atom. The summed E-state index contributed by atoms with van der Waals surface area (Å²) in [6.07, 6.45) is 0. The number of likely N-dealkylation sites (N-methyl/N-ethyl adjacent to an activating group) is 1. The van der Waals surface area contributed by atoms with Crippen LogP contribution in [0.15, 0.2) is 0 Å². The highest BCUT2D eigenvalue weighted by Crippen LogP contribution is 2.37. The summed E-state index contributed by atoms with van der Waals surface area (Å²) >= 11 is 1.08. The fourth-order valence-corrected chi connectivity index (χ4v) is 2.64. The second-order valence-electron chi connectivity index (χ2n) is 3.80. The number of nitrogens with two attached hydrogens (primary N) is 2. The van der Waals surface area contributed by atoms with Crippen molar-refractivity contribution in [2.45, 2.75) is 0 Å². The van der Waals surface area contributed by atoms with Gasteiger partial charge in [-0.1, -0.05) is 0 Å². The number of nitrogen functional groups attached to an aromatic ring is 1. The highest BCUT2D eigenvalue weighted by atomic mass is 32.1. The maximum atomic E-state index is 11.6. The van der Waals surface area contributed by atoms with E-state index in [1.54, 1.807) is 19.1 Å². The Morgan fingerprint density at radius 2 is 2.00 bits per heavy atom. The van der Waals surface area contributed by atoms with Gasteiger partial charge in [-0.05, 0) is 0 Å². The molecule has 106 valence electrons. The largest absolute Gasteiger partial charge is 0.465 e. The second kappa shape index (κ2) is 6.39. The number of nitrogens with zero attached hydrogens (tertiary/aromatic N) is 1. The standard InChI is InChI=1S/C11H17N3O4S/c1-14(4-5-17-2)10-6(9(13)15)7(12)8(19-10)11(16)18-3/h4-5,12H2,1-3H3,(H2,13,15). The lowest BCUT2D eigenvalue weighted by molar-refractivity contribution is 0.0607. The van der Waals surface area contributed by atoms with E-state index in [9.17, 15) is 9.59 Å². The molecule has 0 aliphatic rings. The SMILES string of the molecule is COCCN(C)c1sc(C(=O)OC)c(N)c1C(N)=O. The molecule has 0 radical (unpaired) electrons. The van der Waals surface area contributed by atoms with Crippen LogP contribution in [0.5, 0.6) is 0 Å². The van der Waals surface area contributed by atoms with Crippen molar-refractivity contribution in [3.63, 3.8) is 0 Å². The zero-order valence-electron chi connectivity index (χ0n) is 11.1. The topological polar surface area (TPSA) is 108 Å². The number of hydrogen-bond donors (Lipinski definition) is 2. The minimum absolute atomic E-state index is 0.0589. The van der Waals surface area contributed by atoms with E-state index in [0.717, 1.165) is 11.3 Å². The van der Waals surface area contributed by atoms with E-state index in [0.29, 0.717) is 18.2 Å². The van der Waals surface area contributed by atoms with Crippen LogP contribution in [0.3, 0.4) is 0 Å². The summed E-state index contributed by atoms with van der Waals surface area (Å²) in [4.78, 5) is 25.0. The Morgan fingerprint density at radius 3 is 2.47 bits per heavy atom. The number of primary amides is 1. The van der Waals surface area contributed by atoms with Gasteiger partial charge in [0.25, 0.3) is 5.91 Å². The molecule has 1 aromatic heterocycles. The number of amides is 1. The Hall–Kier alpha value is -1.80. The van der Waals surface area contributed by atoms with Crippen molar-refractivity contribution in [2.24, 2.45) is 5.73 Å². The van der Waals surface area contributed by atoms with Gasteiger partial charge < -0.3 is 25.8 Å². The number of carbonyl (C=O) groups excluding carboxylic acids is 2. The molecule has 1 aromatic rings. The minimum atomic E-state index is -0.678. The smallest absolute Gasteiger partial charge is 0.350 e. The number of hydrogen-bond acceptors (Lipinski definition) is 7. The van der Waals surface area contributed by atoms with Gasteiger partial charge in [-0.3, -0.25) is 4.79 Å². The quantitative estimate of drug-likeness (QED) is 0.728. The Balaban J connectivity index is 3.22. The first-order chi connectivity index (χ1) is 8.93. The zero-order valence-corrected chi connectivity index (χ0v) is 11.9. The molecule has 0 spiro atoms. The van der Waals surface area contributed by atoms with Crippen molar-refractivity contribution in [3.8, 4) is 0 Å². The summed E-state index contributed by atoms with van der Waals surface area (Å²) in [6.45, 7) is 1.01. The van der Waals surface area contributed by atoms with Crippen LogP contribution >= 0.6 is 11.3 Å². The fraction of sp³-hybridized carbons (Fsp3) is 0.455. The molecular formula is C11H17N3O4S. The Kier molecular flexibility index (Phi) is 5.13. The van der Waals surface area contributed by atoms with Crippen LogP contribution in [0.2, 0.25) is 0 Å². The van der Waals surface area contributed by atoms with Crippen molar-refractivity contribution in [2.75, 3.05) is 45.1 Å². The number of carbonyl (C=O) groups is 2. The monoisotopic (exact) mass is 287 g/mol. The highest BCUT2D eigenvalue weighted by Gasteiger charge is 2.26. The fourth-order valence-electron chi connectivity index (χ4n) is 1.51. The molecule has 4 N–H and O–H groups in total. The molecule has 1 amide bonds. The van der Waals surface area contributed by atoms with Gasteiger partial charge in [0, 0.05) is 20.7 Å². The molecule has 0 aromatic carbocycles. The van der Waals surface area contributed by atoms with Gasteiger partial charge in [-0.2, -0.15) is 0 Å². The maximum absolute atomic E-state index is 11.6. The summed E-state index contributed by atoms with van der Waals surface area (Å²) < 4.78 is 9.59. The van der Waals surface area contributed by atoms with Crippen LogP contribution in [0.1, 0.15) is 20.0 Å². The Labute approximate surface area is 115 Å². The number of thiophene rings is 1. The first kappa shape index (κ1) is 15.3. The van der Waals surface area contributed by atoms with Crippen LogP contribution in [-0.4, -0.2) is 46.3 Å². The third-order valence-corrected chi connectivity index (χ3v) is 3.82. The van der Waals surface area contributed by atoms with E-state index in [2.05, 4.69) is 4.74 Å². The van der Waals surface area contributed by atoms with E-state index in [1.807, 2.05) is 0 Å². The molecule has 0 fully saturated rings. The summed E-state index contributed by atoms with van der Waals surface area (Å²) in [7, 11) is 4.59. The predicted octanol–water partition coefficient (Wildman–Crippen LogP) is 0.298. The molecule has 0 saturated carbocycles. The molecule has 0 bridgehead atoms. The molecule has 19 heavy (non-hydrogen) atoms. The first-order valence-corrected chi connectivity index (χ1v) is 6.26. The molecule has 0 saturated heterocycles. The summed E-state index contributed by atoms with van der Waals surface area (Å²) in [5, 5.41) is 0.530. The number of ether oxygens (including phenoxy) is 2. The van der Waals surface area contributed by atoms with Crippen molar-refractivity contribution in [1.82, 2.24) is 0 Å². The van der Waals surface area contributed by atoms with Gasteiger partial charge in [0.1, 0.15) is 9.88 Å². The van der Waals surface area contributed by atoms with Crippen molar-refractivity contribution < 1.29 is 19.1 Å². The van der Waals surface area contributed by atoms with Gasteiger partial charge in [0.05, 0.1) is 25.0 Å². The maximum Gasteiger partial charge on any atom is 0.350 e. The second-order valence-corrected chi connectivity index (χ2v) is 4.79. The number of anilines is 2. The third kappa shape index (κ3) is 3.15. The van der Waals surface area contributed by atoms with Gasteiger partial charge in [-0.15, -0.1) is 11.3 Å². The van der Waals surface area contributed by atoms with Crippen molar-refractivity contribution in [3.05, 3.63) is 10.4 Å². The lowest BCUT2D eigenvalue weighted by atomic mass is 10.2. The van der Waals surface area contributed by atoms with E-state index in [1.165, 1.54) is 7.11 Å². The van der Waals surface area contributed by atoms with Gasteiger partial charge in [0.15, 0.2) is 0 Å². The molecule has 1 heterocycles. The Bertz CT molecular complexity index is 487. The molecule has 0 aliphatic heterocycles. The van der Waals surface area contributed by atoms with Gasteiger partial charge in [-0.25, -0.2) is 4.79 Å². The molecule has 0 atom stereocenters. The molecule has 1 rings (SSSR count). The van der Waals surface area contributed by atoms with E-state index in [4.69, 9.17) is 16.2 Å². The first-order valence-electron chi connectivity index (χ1n) is 5.44. The zero-order chi connectivity index (χ0) is 14.6. The van der Waals surface area contributed by atoms with Gasteiger partial charge >= 0.3 is 5.97 Å². The summed E-state index contributed by atoms with van der Waals surface area (Å²) in [6, 6.07) is 0. The van der Waals surface area contributed by atoms with Gasteiger partial charge in [0.2, 0.25) is 0 Å². The average Bonchev–Trinajstić information content (AvgIpc) is 2.72. The average molecular weight is 287 g/mol. The number of rotatable bonds is 6. The van der Waals surface area contributed by atoms with E-state index >= 15 is 0 Å². The van der Waals surface area contributed by atoms with E-state index < -0.39 is 11.9 Å². The number of esters is 1. The normalized spacial score (nSPS) is 10.3. The molecule has 0 unspecified atom stereocenters. The van der Waals surface area contributed by atoms with Crippen LogP contribution in [0.25, 0.3) is 0 Å². The van der Waals surface area contributed by atoms with Crippen LogP contribution in [-0.2, 0) is 9.47 Å². The summed E-state index contributed by atoms with van der Waals surface area (Å²) in [5.41, 5.74) is 11.3. The van der Waals surface area contributed by atoms with Crippen LogP contribution < -0.4 is 16.4 Å². The lowest BCUT2D eigenvalue weighted by Crippen LogP contribution is -2.24. The van der Waals surface area contributed by atoms with Crippen LogP contribution in [0, 0.1) is 0 Å².